The number of hydrogen-bond donors (Lipinski definition) is 4. The normalized spacial score (nSPS) is 19.8. The van der Waals surface area contributed by atoms with E-state index < -0.39 is 12.1 Å². The highest BCUT2D eigenvalue weighted by Crippen LogP contribution is 2.26. The Balaban J connectivity index is 1.44. The van der Waals surface area contributed by atoms with Gasteiger partial charge in [0.1, 0.15) is 18.0 Å². The van der Waals surface area contributed by atoms with E-state index in [0.717, 1.165) is 41.6 Å². The van der Waals surface area contributed by atoms with E-state index in [9.17, 15) is 15.3 Å². The van der Waals surface area contributed by atoms with E-state index in [0.29, 0.717) is 5.82 Å². The lowest BCUT2D eigenvalue weighted by Gasteiger charge is -2.18. The van der Waals surface area contributed by atoms with Crippen LogP contribution < -0.4 is 5.32 Å². The Kier molecular flexibility index (Phi) is 6.91. The standard InChI is InChI=1S/C26H29N3O3/c1-18(31)26-27-15-16-29(26)23(17-30)14-7-19-5-8-20(9-6-19)21-10-12-22(13-11-21)28-24-3-2-4-25(24)32/h5-6,8-13,15-16,18,23-25,28,30-32H,2-4,17H2,1H3/t18-,23-,24+,25+/m0/s1. The lowest BCUT2D eigenvalue weighted by atomic mass is 10.0. The maximum atomic E-state index is 9.99. The molecule has 0 radical (unpaired) electrons. The maximum Gasteiger partial charge on any atom is 0.138 e. The Morgan fingerprint density at radius 2 is 1.78 bits per heavy atom. The molecule has 1 aliphatic carbocycles. The molecule has 166 valence electrons. The van der Waals surface area contributed by atoms with Crippen LogP contribution in [0.4, 0.5) is 5.69 Å². The van der Waals surface area contributed by atoms with Crippen molar-refractivity contribution >= 4 is 5.69 Å². The zero-order chi connectivity index (χ0) is 22.5. The van der Waals surface area contributed by atoms with E-state index in [1.54, 1.807) is 23.9 Å². The largest absolute Gasteiger partial charge is 0.393 e. The van der Waals surface area contributed by atoms with Crippen LogP contribution in [0.3, 0.4) is 0 Å². The van der Waals surface area contributed by atoms with Crippen LogP contribution in [0.25, 0.3) is 11.1 Å². The Morgan fingerprint density at radius 3 is 2.38 bits per heavy atom. The van der Waals surface area contributed by atoms with E-state index in [-0.39, 0.29) is 18.8 Å². The summed E-state index contributed by atoms with van der Waals surface area (Å²) in [6, 6.07) is 15.9. The molecular weight excluding hydrogens is 402 g/mol. The minimum absolute atomic E-state index is 0.139. The van der Waals surface area contributed by atoms with Crippen LogP contribution in [-0.4, -0.2) is 43.6 Å². The molecule has 6 heteroatoms. The number of nitrogens with zero attached hydrogens (tertiary/aromatic N) is 2. The molecule has 1 fully saturated rings. The van der Waals surface area contributed by atoms with Gasteiger partial charge in [-0.15, -0.1) is 0 Å². The zero-order valence-electron chi connectivity index (χ0n) is 18.1. The average molecular weight is 432 g/mol. The second kappa shape index (κ2) is 10.0. The Labute approximate surface area is 188 Å². The van der Waals surface area contributed by atoms with Gasteiger partial charge in [0.25, 0.3) is 0 Å². The van der Waals surface area contributed by atoms with Crippen molar-refractivity contribution in [3.05, 3.63) is 72.3 Å². The van der Waals surface area contributed by atoms with Crippen molar-refractivity contribution in [2.24, 2.45) is 0 Å². The molecule has 1 heterocycles. The quantitative estimate of drug-likeness (QED) is 0.449. The third-order valence-corrected chi connectivity index (χ3v) is 5.90. The summed E-state index contributed by atoms with van der Waals surface area (Å²) in [4.78, 5) is 4.14. The number of aromatic nitrogens is 2. The van der Waals surface area contributed by atoms with E-state index in [2.05, 4.69) is 34.3 Å². The molecular formula is C26H29N3O3. The Hall–Kier alpha value is -3.11. The molecule has 0 bridgehead atoms. The van der Waals surface area contributed by atoms with Crippen molar-refractivity contribution in [3.63, 3.8) is 0 Å². The van der Waals surface area contributed by atoms with Gasteiger partial charge in [0.2, 0.25) is 0 Å². The molecule has 3 aromatic rings. The fraction of sp³-hybridized carbons (Fsp3) is 0.346. The SMILES string of the molecule is C[C@H](O)c1nccn1[C@@H](C#Cc1ccc(-c2ccc(N[C@@H]3CCC[C@H]3O)cc2)cc1)CO. The molecule has 1 aliphatic rings. The molecule has 4 rings (SSSR count). The minimum Gasteiger partial charge on any atom is -0.393 e. The first-order valence-corrected chi connectivity index (χ1v) is 11.0. The van der Waals surface area contributed by atoms with Gasteiger partial charge in [0.15, 0.2) is 0 Å². The number of hydrogen-bond acceptors (Lipinski definition) is 5. The molecule has 4 N–H and O–H groups in total. The van der Waals surface area contributed by atoms with Gasteiger partial charge in [-0.25, -0.2) is 4.98 Å². The lowest BCUT2D eigenvalue weighted by molar-refractivity contribution is 0.172. The fourth-order valence-corrected chi connectivity index (χ4v) is 4.11. The molecule has 0 spiro atoms. The van der Waals surface area contributed by atoms with E-state index in [1.165, 1.54) is 0 Å². The summed E-state index contributed by atoms with van der Waals surface area (Å²) in [6.07, 6.45) is 5.25. The fourth-order valence-electron chi connectivity index (χ4n) is 4.11. The van der Waals surface area contributed by atoms with E-state index in [4.69, 9.17) is 0 Å². The molecule has 1 aromatic heterocycles. The number of aliphatic hydroxyl groups excluding tert-OH is 3. The van der Waals surface area contributed by atoms with Gasteiger partial charge in [0, 0.05) is 23.6 Å². The summed E-state index contributed by atoms with van der Waals surface area (Å²) in [5, 5.41) is 33.0. The first kappa shape index (κ1) is 22.1. The third-order valence-electron chi connectivity index (χ3n) is 5.90. The number of anilines is 1. The van der Waals surface area contributed by atoms with Gasteiger partial charge < -0.3 is 25.2 Å². The number of imidazole rings is 1. The Morgan fingerprint density at radius 1 is 1.09 bits per heavy atom. The lowest BCUT2D eigenvalue weighted by Crippen LogP contribution is -2.27. The van der Waals surface area contributed by atoms with Crippen molar-refractivity contribution in [1.29, 1.82) is 0 Å². The number of aliphatic hydroxyl groups is 3. The molecule has 0 unspecified atom stereocenters. The van der Waals surface area contributed by atoms with Crippen LogP contribution >= 0.6 is 0 Å². The summed E-state index contributed by atoms with van der Waals surface area (Å²) in [7, 11) is 0. The van der Waals surface area contributed by atoms with Gasteiger partial charge in [0.05, 0.1) is 18.8 Å². The van der Waals surface area contributed by atoms with Crippen molar-refractivity contribution in [2.45, 2.75) is 50.5 Å². The number of nitrogens with one attached hydrogen (secondary N) is 1. The Bertz CT molecular complexity index is 1080. The summed E-state index contributed by atoms with van der Waals surface area (Å²) in [5.74, 6) is 6.66. The van der Waals surface area contributed by atoms with Crippen LogP contribution in [0, 0.1) is 11.8 Å². The first-order valence-electron chi connectivity index (χ1n) is 11.0. The zero-order valence-corrected chi connectivity index (χ0v) is 18.1. The minimum atomic E-state index is -0.732. The van der Waals surface area contributed by atoms with Gasteiger partial charge in [-0.2, -0.15) is 0 Å². The van der Waals surface area contributed by atoms with Crippen LogP contribution in [-0.2, 0) is 0 Å². The van der Waals surface area contributed by atoms with Crippen molar-refractivity contribution < 1.29 is 15.3 Å². The van der Waals surface area contributed by atoms with Crippen LogP contribution in [0.5, 0.6) is 0 Å². The third kappa shape index (κ3) is 5.03. The molecule has 1 saturated carbocycles. The maximum absolute atomic E-state index is 9.99. The number of rotatable bonds is 6. The van der Waals surface area contributed by atoms with Gasteiger partial charge >= 0.3 is 0 Å². The van der Waals surface area contributed by atoms with Crippen LogP contribution in [0.2, 0.25) is 0 Å². The average Bonchev–Trinajstić information content (AvgIpc) is 3.45. The van der Waals surface area contributed by atoms with Gasteiger partial charge in [-0.3, -0.25) is 0 Å². The predicted octanol–water partition coefficient (Wildman–Crippen LogP) is 3.51. The molecule has 6 nitrogen and oxygen atoms in total. The molecule has 2 aromatic carbocycles. The van der Waals surface area contributed by atoms with Crippen LogP contribution in [0.1, 0.15) is 49.7 Å². The highest BCUT2D eigenvalue weighted by Gasteiger charge is 2.24. The molecule has 4 atom stereocenters. The predicted molar refractivity (Wildman–Crippen MR) is 125 cm³/mol. The summed E-state index contributed by atoms with van der Waals surface area (Å²) in [5.41, 5.74) is 4.07. The van der Waals surface area contributed by atoms with Gasteiger partial charge in [-0.1, -0.05) is 36.1 Å². The highest BCUT2D eigenvalue weighted by molar-refractivity contribution is 5.67. The van der Waals surface area contributed by atoms with E-state index in [1.807, 2.05) is 36.4 Å². The van der Waals surface area contributed by atoms with E-state index >= 15 is 0 Å². The summed E-state index contributed by atoms with van der Waals surface area (Å²) < 4.78 is 1.70. The smallest absolute Gasteiger partial charge is 0.138 e. The molecule has 0 aliphatic heterocycles. The highest BCUT2D eigenvalue weighted by atomic mass is 16.3. The van der Waals surface area contributed by atoms with Crippen molar-refractivity contribution in [2.75, 3.05) is 11.9 Å². The topological polar surface area (TPSA) is 90.5 Å². The van der Waals surface area contributed by atoms with Crippen molar-refractivity contribution in [3.8, 4) is 23.0 Å². The molecule has 0 saturated heterocycles. The monoisotopic (exact) mass is 431 g/mol. The number of benzene rings is 2. The first-order chi connectivity index (χ1) is 15.5. The second-order valence-electron chi connectivity index (χ2n) is 8.24. The molecule has 0 amide bonds. The van der Waals surface area contributed by atoms with Crippen molar-refractivity contribution in [1.82, 2.24) is 9.55 Å². The van der Waals surface area contributed by atoms with Gasteiger partial charge in [-0.05, 0) is 61.6 Å². The molecule has 32 heavy (non-hydrogen) atoms. The second-order valence-corrected chi connectivity index (χ2v) is 8.24. The summed E-state index contributed by atoms with van der Waals surface area (Å²) >= 11 is 0. The summed E-state index contributed by atoms with van der Waals surface area (Å²) in [6.45, 7) is 1.47. The van der Waals surface area contributed by atoms with Crippen LogP contribution in [0.15, 0.2) is 60.9 Å².